The summed E-state index contributed by atoms with van der Waals surface area (Å²) in [5.41, 5.74) is 2.59. The first kappa shape index (κ1) is 25.8. The number of halogens is 2. The van der Waals surface area contributed by atoms with Crippen LogP contribution >= 0.6 is 0 Å². The maximum Gasteiger partial charge on any atom is 0.309 e. The third-order valence-electron chi connectivity index (χ3n) is 5.85. The molecule has 0 spiro atoms. The van der Waals surface area contributed by atoms with E-state index < -0.39 is 46.1 Å². The molecule has 0 aromatic heterocycles. The molecule has 184 valence electrons. The van der Waals surface area contributed by atoms with Crippen molar-refractivity contribution in [2.75, 3.05) is 25.0 Å². The number of para-hydroxylation sites is 1. The van der Waals surface area contributed by atoms with E-state index in [0.29, 0.717) is 11.8 Å². The maximum absolute atomic E-state index is 13.5. The number of esters is 1. The number of nitrogens with one attached hydrogen (secondary N) is 1. The Morgan fingerprint density at radius 3 is 2.41 bits per heavy atom. The number of benzene rings is 2. The molecular weight excluding hydrogens is 466 g/mol. The molecule has 1 aliphatic heterocycles. The first-order chi connectivity index (χ1) is 16.0. The second-order valence-corrected chi connectivity index (χ2v) is 10.5. The predicted octanol–water partition coefficient (Wildman–Crippen LogP) is 3.98. The van der Waals surface area contributed by atoms with Gasteiger partial charge in [0, 0.05) is 18.8 Å². The van der Waals surface area contributed by atoms with Gasteiger partial charge < -0.3 is 10.1 Å². The standard InChI is InChI=1S/C24H28F2N2O5S/c1-15(2)19-6-4-5-16(3)23(19)27-22(29)14-33-24(30)17-9-11-28(12-10-17)34(31,32)18-7-8-20(25)21(26)13-18/h4-8,13,15,17H,9-12,14H2,1-3H3,(H,27,29). The van der Waals surface area contributed by atoms with E-state index in [4.69, 9.17) is 4.74 Å². The summed E-state index contributed by atoms with van der Waals surface area (Å²) in [5, 5.41) is 2.81. The Hall–Kier alpha value is -2.85. The van der Waals surface area contributed by atoms with Crippen LogP contribution < -0.4 is 5.32 Å². The highest BCUT2D eigenvalue weighted by atomic mass is 32.2. The second kappa shape index (κ2) is 10.6. The number of anilines is 1. The largest absolute Gasteiger partial charge is 0.455 e. The first-order valence-electron chi connectivity index (χ1n) is 11.0. The summed E-state index contributed by atoms with van der Waals surface area (Å²) in [6, 6.07) is 8.14. The van der Waals surface area contributed by atoms with E-state index in [1.165, 1.54) is 0 Å². The van der Waals surface area contributed by atoms with Crippen molar-refractivity contribution in [3.63, 3.8) is 0 Å². The molecule has 1 N–H and O–H groups in total. The Morgan fingerprint density at radius 1 is 1.12 bits per heavy atom. The smallest absolute Gasteiger partial charge is 0.309 e. The van der Waals surface area contributed by atoms with Gasteiger partial charge in [-0.2, -0.15) is 4.31 Å². The summed E-state index contributed by atoms with van der Waals surface area (Å²) in [6.45, 7) is 5.52. The highest BCUT2D eigenvalue weighted by molar-refractivity contribution is 7.89. The van der Waals surface area contributed by atoms with Crippen LogP contribution in [-0.2, 0) is 24.3 Å². The Bertz CT molecular complexity index is 1180. The zero-order valence-electron chi connectivity index (χ0n) is 19.3. The van der Waals surface area contributed by atoms with Crippen molar-refractivity contribution in [3.05, 3.63) is 59.2 Å². The second-order valence-electron chi connectivity index (χ2n) is 8.60. The van der Waals surface area contributed by atoms with E-state index >= 15 is 0 Å². The van der Waals surface area contributed by atoms with Crippen LogP contribution in [0.15, 0.2) is 41.3 Å². The number of sulfonamides is 1. The van der Waals surface area contributed by atoms with Gasteiger partial charge in [0.25, 0.3) is 5.91 Å². The number of piperidine rings is 1. The van der Waals surface area contributed by atoms with Gasteiger partial charge in [-0.3, -0.25) is 9.59 Å². The van der Waals surface area contributed by atoms with E-state index in [-0.39, 0.29) is 36.7 Å². The minimum atomic E-state index is -4.02. The van der Waals surface area contributed by atoms with Gasteiger partial charge in [0.05, 0.1) is 10.8 Å². The summed E-state index contributed by atoms with van der Waals surface area (Å²) in [4.78, 5) is 24.5. The number of rotatable bonds is 7. The number of carbonyl (C=O) groups excluding carboxylic acids is 2. The fourth-order valence-corrected chi connectivity index (χ4v) is 5.37. The van der Waals surface area contributed by atoms with Crippen molar-refractivity contribution in [1.29, 1.82) is 0 Å². The van der Waals surface area contributed by atoms with Crippen LogP contribution in [0.25, 0.3) is 0 Å². The third-order valence-corrected chi connectivity index (χ3v) is 7.75. The van der Waals surface area contributed by atoms with Crippen LogP contribution in [0.5, 0.6) is 0 Å². The van der Waals surface area contributed by atoms with Crippen LogP contribution in [0.4, 0.5) is 14.5 Å². The number of carbonyl (C=O) groups is 2. The molecule has 7 nitrogen and oxygen atoms in total. The van der Waals surface area contributed by atoms with Gasteiger partial charge in [-0.15, -0.1) is 0 Å². The highest BCUT2D eigenvalue weighted by Gasteiger charge is 2.33. The van der Waals surface area contributed by atoms with Gasteiger partial charge in [-0.05, 0) is 55.0 Å². The fourth-order valence-electron chi connectivity index (χ4n) is 3.89. The van der Waals surface area contributed by atoms with Crippen molar-refractivity contribution in [2.24, 2.45) is 5.92 Å². The molecule has 1 heterocycles. The van der Waals surface area contributed by atoms with E-state index in [2.05, 4.69) is 5.32 Å². The summed E-state index contributed by atoms with van der Waals surface area (Å²) in [7, 11) is -4.02. The first-order valence-corrected chi connectivity index (χ1v) is 12.5. The van der Waals surface area contributed by atoms with Crippen molar-refractivity contribution in [2.45, 2.75) is 44.4 Å². The van der Waals surface area contributed by atoms with E-state index in [1.54, 1.807) is 0 Å². The SMILES string of the molecule is Cc1cccc(C(C)C)c1NC(=O)COC(=O)C1CCN(S(=O)(=O)c2ccc(F)c(F)c2)CC1. The Kier molecular flexibility index (Phi) is 8.04. The Morgan fingerprint density at radius 2 is 1.79 bits per heavy atom. The molecule has 34 heavy (non-hydrogen) atoms. The van der Waals surface area contributed by atoms with Gasteiger partial charge in [-0.1, -0.05) is 32.0 Å². The number of nitrogens with zero attached hydrogens (tertiary/aromatic N) is 1. The van der Waals surface area contributed by atoms with Crippen LogP contribution in [0.1, 0.15) is 43.7 Å². The fraction of sp³-hybridized carbons (Fsp3) is 0.417. The topological polar surface area (TPSA) is 92.8 Å². The number of hydrogen-bond acceptors (Lipinski definition) is 5. The number of hydrogen-bond donors (Lipinski definition) is 1. The zero-order valence-corrected chi connectivity index (χ0v) is 20.1. The number of aryl methyl sites for hydroxylation is 1. The molecule has 1 fully saturated rings. The maximum atomic E-state index is 13.5. The summed E-state index contributed by atoms with van der Waals surface area (Å²) in [5.74, 6) is -3.77. The predicted molar refractivity (Wildman–Crippen MR) is 123 cm³/mol. The minimum Gasteiger partial charge on any atom is -0.455 e. The average Bonchev–Trinajstić information content (AvgIpc) is 2.80. The molecule has 2 aromatic rings. The minimum absolute atomic E-state index is 0.0221. The number of ether oxygens (including phenoxy) is 1. The normalized spacial score (nSPS) is 15.4. The molecule has 1 aliphatic rings. The highest BCUT2D eigenvalue weighted by Crippen LogP contribution is 2.28. The molecule has 0 radical (unpaired) electrons. The molecule has 0 saturated carbocycles. The zero-order chi connectivity index (χ0) is 25.0. The van der Waals surface area contributed by atoms with E-state index in [0.717, 1.165) is 27.6 Å². The van der Waals surface area contributed by atoms with Gasteiger partial charge in [0.2, 0.25) is 10.0 Å². The van der Waals surface area contributed by atoms with Crippen molar-refractivity contribution in [3.8, 4) is 0 Å². The van der Waals surface area contributed by atoms with E-state index in [1.807, 2.05) is 39.0 Å². The lowest BCUT2D eigenvalue weighted by Gasteiger charge is -2.30. The molecule has 3 rings (SSSR count). The molecule has 2 aromatic carbocycles. The summed E-state index contributed by atoms with van der Waals surface area (Å²) in [6.07, 6.45) is 0.386. The Balaban J connectivity index is 1.53. The lowest BCUT2D eigenvalue weighted by molar-refractivity contribution is -0.152. The molecule has 0 atom stereocenters. The Labute approximate surface area is 198 Å². The summed E-state index contributed by atoms with van der Waals surface area (Å²) < 4.78 is 58.3. The molecule has 0 unspecified atom stereocenters. The summed E-state index contributed by atoms with van der Waals surface area (Å²) >= 11 is 0. The molecule has 0 aliphatic carbocycles. The molecule has 0 bridgehead atoms. The van der Waals surface area contributed by atoms with Crippen LogP contribution in [0, 0.1) is 24.5 Å². The molecule has 10 heteroatoms. The molecule has 1 amide bonds. The van der Waals surface area contributed by atoms with Gasteiger partial charge in [-0.25, -0.2) is 17.2 Å². The lowest BCUT2D eigenvalue weighted by Crippen LogP contribution is -2.41. The monoisotopic (exact) mass is 494 g/mol. The van der Waals surface area contributed by atoms with Crippen molar-refractivity contribution in [1.82, 2.24) is 4.31 Å². The molecule has 1 saturated heterocycles. The van der Waals surface area contributed by atoms with Crippen molar-refractivity contribution < 1.29 is 31.5 Å². The molecular formula is C24H28F2N2O5S. The van der Waals surface area contributed by atoms with Gasteiger partial charge >= 0.3 is 5.97 Å². The third kappa shape index (κ3) is 5.79. The van der Waals surface area contributed by atoms with Crippen LogP contribution in [0.3, 0.4) is 0 Å². The number of amides is 1. The average molecular weight is 495 g/mol. The van der Waals surface area contributed by atoms with Crippen LogP contribution in [0.2, 0.25) is 0 Å². The lowest BCUT2D eigenvalue weighted by atomic mass is 9.98. The quantitative estimate of drug-likeness (QED) is 0.588. The van der Waals surface area contributed by atoms with Gasteiger partial charge in [0.1, 0.15) is 0 Å². The van der Waals surface area contributed by atoms with Crippen LogP contribution in [-0.4, -0.2) is 44.3 Å². The van der Waals surface area contributed by atoms with Gasteiger partial charge in [0.15, 0.2) is 18.2 Å². The van der Waals surface area contributed by atoms with E-state index in [9.17, 15) is 26.8 Å². The van der Waals surface area contributed by atoms with Crippen molar-refractivity contribution >= 4 is 27.6 Å².